The number of nitrogens with two attached hydrogens (primary N) is 1. The average molecular weight is 558 g/mol. The Morgan fingerprint density at radius 1 is 1.09 bits per heavy atom. The van der Waals surface area contributed by atoms with Gasteiger partial charge in [-0.1, -0.05) is 11.6 Å². The van der Waals surface area contributed by atoms with Gasteiger partial charge in [0.05, 0.1) is 25.8 Å². The summed E-state index contributed by atoms with van der Waals surface area (Å²) < 4.78 is 65.1. The molecule has 0 atom stereocenters. The average Bonchev–Trinajstić information content (AvgIpc) is 3.21. The maximum atomic E-state index is 14.8. The minimum absolute atomic E-state index is 0.110. The Labute approximate surface area is 206 Å². The van der Waals surface area contributed by atoms with E-state index in [0.29, 0.717) is 0 Å². The van der Waals surface area contributed by atoms with Crippen LogP contribution >= 0.6 is 22.9 Å². The SMILES string of the molecule is NS(=O)(=O)c1ccc2ncn(-c3ccc(NC(=O)NS(=O)(=O)c4ccc(Cl)s4)cc3F)c(=O)c2c1. The summed E-state index contributed by atoms with van der Waals surface area (Å²) >= 11 is 6.46. The minimum Gasteiger partial charge on any atom is -0.307 e. The van der Waals surface area contributed by atoms with Crippen LogP contribution < -0.4 is 20.7 Å². The molecule has 2 amide bonds. The van der Waals surface area contributed by atoms with Crippen LogP contribution in [0.4, 0.5) is 14.9 Å². The quantitative estimate of drug-likeness (QED) is 0.338. The van der Waals surface area contributed by atoms with Gasteiger partial charge >= 0.3 is 6.03 Å². The predicted molar refractivity (Wildman–Crippen MR) is 127 cm³/mol. The number of nitrogens with one attached hydrogen (secondary N) is 2. The van der Waals surface area contributed by atoms with Gasteiger partial charge in [-0.05, 0) is 48.5 Å². The van der Waals surface area contributed by atoms with Crippen LogP contribution in [0, 0.1) is 5.82 Å². The molecule has 4 aromatic rings. The molecule has 0 aliphatic rings. The first-order chi connectivity index (χ1) is 16.3. The lowest BCUT2D eigenvalue weighted by atomic mass is 10.2. The van der Waals surface area contributed by atoms with Crippen molar-refractivity contribution in [1.29, 1.82) is 0 Å². The Morgan fingerprint density at radius 2 is 1.83 bits per heavy atom. The van der Waals surface area contributed by atoms with Gasteiger partial charge in [0.1, 0.15) is 16.4 Å². The van der Waals surface area contributed by atoms with Crippen molar-refractivity contribution in [2.24, 2.45) is 5.14 Å². The Balaban J connectivity index is 1.61. The number of amides is 2. The Kier molecular flexibility index (Phi) is 6.37. The zero-order chi connectivity index (χ0) is 25.5. The van der Waals surface area contributed by atoms with Crippen molar-refractivity contribution in [2.75, 3.05) is 5.32 Å². The monoisotopic (exact) mass is 557 g/mol. The number of halogens is 2. The molecular formula is C19H13ClFN5O6S3. The molecule has 0 saturated heterocycles. The molecule has 0 fully saturated rings. The summed E-state index contributed by atoms with van der Waals surface area (Å²) in [5.41, 5.74) is -0.959. The van der Waals surface area contributed by atoms with Crippen LogP contribution in [0.3, 0.4) is 0 Å². The first kappa shape index (κ1) is 24.7. The smallest absolute Gasteiger partial charge is 0.307 e. The van der Waals surface area contributed by atoms with E-state index in [1.807, 2.05) is 0 Å². The second kappa shape index (κ2) is 9.01. The van der Waals surface area contributed by atoms with Gasteiger partial charge in [-0.2, -0.15) is 0 Å². The van der Waals surface area contributed by atoms with Crippen LogP contribution in [0.25, 0.3) is 16.6 Å². The number of urea groups is 1. The Bertz CT molecular complexity index is 1770. The second-order valence-corrected chi connectivity index (χ2v) is 12.1. The highest BCUT2D eigenvalue weighted by molar-refractivity contribution is 7.92. The molecular weight excluding hydrogens is 545 g/mol. The molecule has 11 nitrogen and oxygen atoms in total. The van der Waals surface area contributed by atoms with Gasteiger partial charge in [0, 0.05) is 5.69 Å². The molecule has 0 spiro atoms. The molecule has 4 rings (SSSR count). The van der Waals surface area contributed by atoms with Crippen LogP contribution in [0.15, 0.2) is 68.8 Å². The third-order valence-electron chi connectivity index (χ3n) is 4.56. The standard InChI is InChI=1S/C19H13ClFN5O6S3/c20-16-5-6-17(33-16)35(31,32)25-19(28)24-10-1-4-15(13(21)7-10)26-9-23-14-3-2-11(34(22,29)30)8-12(14)18(26)27/h1-9H,(H2,22,29,30)(H2,24,25,28). The maximum Gasteiger partial charge on any atom is 0.333 e. The summed E-state index contributed by atoms with van der Waals surface area (Å²) in [7, 11) is -8.28. The number of nitrogens with zero attached hydrogens (tertiary/aromatic N) is 2. The number of fused-ring (bicyclic) bond motifs is 1. The van der Waals surface area contributed by atoms with E-state index in [9.17, 15) is 30.8 Å². The number of thiophene rings is 1. The fraction of sp³-hybridized carbons (Fsp3) is 0. The van der Waals surface area contributed by atoms with E-state index in [0.717, 1.165) is 40.4 Å². The number of anilines is 1. The predicted octanol–water partition coefficient (Wildman–Crippen LogP) is 2.40. The lowest BCUT2D eigenvalue weighted by Crippen LogP contribution is -2.34. The fourth-order valence-corrected chi connectivity index (χ4v) is 5.93. The largest absolute Gasteiger partial charge is 0.333 e. The van der Waals surface area contributed by atoms with Gasteiger partial charge in [0.2, 0.25) is 10.0 Å². The maximum absolute atomic E-state index is 14.8. The van der Waals surface area contributed by atoms with Crippen molar-refractivity contribution in [2.45, 2.75) is 9.10 Å². The lowest BCUT2D eigenvalue weighted by Gasteiger charge is -2.11. The van der Waals surface area contributed by atoms with Gasteiger partial charge in [-0.3, -0.25) is 9.36 Å². The minimum atomic E-state index is -4.19. The third-order valence-corrected chi connectivity index (χ3v) is 8.53. The van der Waals surface area contributed by atoms with Crippen LogP contribution in [-0.2, 0) is 20.0 Å². The van der Waals surface area contributed by atoms with E-state index < -0.39 is 37.5 Å². The molecule has 182 valence electrons. The van der Waals surface area contributed by atoms with Crippen molar-refractivity contribution < 1.29 is 26.0 Å². The van der Waals surface area contributed by atoms with Gasteiger partial charge in [0.15, 0.2) is 0 Å². The van der Waals surface area contributed by atoms with Crippen molar-refractivity contribution in [3.05, 3.63) is 75.4 Å². The highest BCUT2D eigenvalue weighted by Gasteiger charge is 2.20. The topological polar surface area (TPSA) is 170 Å². The number of hydrogen-bond donors (Lipinski definition) is 3. The summed E-state index contributed by atoms with van der Waals surface area (Å²) in [4.78, 5) is 28.7. The molecule has 0 unspecified atom stereocenters. The molecule has 0 aliphatic heterocycles. The highest BCUT2D eigenvalue weighted by atomic mass is 35.5. The van der Waals surface area contributed by atoms with Crippen molar-refractivity contribution in [1.82, 2.24) is 14.3 Å². The van der Waals surface area contributed by atoms with E-state index in [-0.39, 0.29) is 35.7 Å². The Morgan fingerprint density at radius 3 is 2.46 bits per heavy atom. The molecule has 2 heterocycles. The zero-order valence-electron chi connectivity index (χ0n) is 17.1. The number of aromatic nitrogens is 2. The van der Waals surface area contributed by atoms with Crippen LogP contribution in [0.2, 0.25) is 4.34 Å². The number of sulfonamides is 2. The van der Waals surface area contributed by atoms with Gasteiger partial charge < -0.3 is 5.32 Å². The molecule has 2 aromatic heterocycles. The van der Waals surface area contributed by atoms with Gasteiger partial charge in [-0.25, -0.2) is 40.9 Å². The molecule has 0 saturated carbocycles. The summed E-state index contributed by atoms with van der Waals surface area (Å²) in [5, 5.41) is 7.17. The molecule has 2 aromatic carbocycles. The molecule has 35 heavy (non-hydrogen) atoms. The van der Waals surface area contributed by atoms with Crippen LogP contribution in [0.5, 0.6) is 0 Å². The van der Waals surface area contributed by atoms with Crippen molar-refractivity contribution in [3.8, 4) is 5.69 Å². The first-order valence-electron chi connectivity index (χ1n) is 9.28. The number of hydrogen-bond acceptors (Lipinski definition) is 8. The molecule has 16 heteroatoms. The molecule has 0 aliphatic carbocycles. The normalized spacial score (nSPS) is 12.0. The first-order valence-corrected chi connectivity index (χ1v) is 13.5. The van der Waals surface area contributed by atoms with E-state index in [1.54, 1.807) is 4.72 Å². The Hall–Kier alpha value is -3.37. The van der Waals surface area contributed by atoms with E-state index >= 15 is 0 Å². The summed E-state index contributed by atoms with van der Waals surface area (Å²) in [5.74, 6) is -0.957. The number of carbonyl (C=O) groups excluding carboxylic acids is 1. The third kappa shape index (κ3) is 5.18. The summed E-state index contributed by atoms with van der Waals surface area (Å²) in [6.07, 6.45) is 1.05. The number of primary sulfonamides is 1. The second-order valence-electron chi connectivity index (χ2n) is 6.93. The van der Waals surface area contributed by atoms with Crippen LogP contribution in [0.1, 0.15) is 0 Å². The van der Waals surface area contributed by atoms with Crippen molar-refractivity contribution >= 4 is 65.6 Å². The van der Waals surface area contributed by atoms with Gasteiger partial charge in [-0.15, -0.1) is 11.3 Å². The number of carbonyl (C=O) groups is 1. The molecule has 4 N–H and O–H groups in total. The zero-order valence-corrected chi connectivity index (χ0v) is 20.3. The molecule has 0 bridgehead atoms. The van der Waals surface area contributed by atoms with E-state index in [1.165, 1.54) is 30.3 Å². The number of benzene rings is 2. The summed E-state index contributed by atoms with van der Waals surface area (Å²) in [6.45, 7) is 0. The summed E-state index contributed by atoms with van der Waals surface area (Å²) in [6, 6.07) is 8.18. The van der Waals surface area contributed by atoms with Gasteiger partial charge in [0.25, 0.3) is 15.6 Å². The van der Waals surface area contributed by atoms with Crippen molar-refractivity contribution in [3.63, 3.8) is 0 Å². The lowest BCUT2D eigenvalue weighted by molar-refractivity contribution is 0.256. The van der Waals surface area contributed by atoms with Crippen LogP contribution in [-0.4, -0.2) is 32.4 Å². The number of rotatable bonds is 5. The highest BCUT2D eigenvalue weighted by Crippen LogP contribution is 2.25. The molecule has 0 radical (unpaired) electrons. The van der Waals surface area contributed by atoms with E-state index in [2.05, 4.69) is 10.3 Å². The van der Waals surface area contributed by atoms with E-state index in [4.69, 9.17) is 16.7 Å². The fourth-order valence-electron chi connectivity index (χ4n) is 3.00.